The number of rotatable bonds is 5. The zero-order valence-corrected chi connectivity index (χ0v) is 13.7. The summed E-state index contributed by atoms with van der Waals surface area (Å²) in [5, 5.41) is 12.1. The summed E-state index contributed by atoms with van der Waals surface area (Å²) < 4.78 is 0. The van der Waals surface area contributed by atoms with Crippen molar-refractivity contribution >= 4 is 11.9 Å². The third kappa shape index (κ3) is 4.63. The first-order chi connectivity index (χ1) is 11.3. The van der Waals surface area contributed by atoms with Crippen LogP contribution >= 0.6 is 0 Å². The van der Waals surface area contributed by atoms with Crippen LogP contribution in [0.3, 0.4) is 0 Å². The van der Waals surface area contributed by atoms with Crippen molar-refractivity contribution in [3.05, 3.63) is 59.8 Å². The van der Waals surface area contributed by atoms with Crippen molar-refractivity contribution in [2.45, 2.75) is 25.8 Å². The number of aryl methyl sites for hydroxylation is 1. The Kier molecular flexibility index (Phi) is 5.37. The van der Waals surface area contributed by atoms with Crippen LogP contribution in [0.2, 0.25) is 0 Å². The Morgan fingerprint density at radius 1 is 1.17 bits per heavy atom. The Bertz CT molecular complexity index is 622. The Balaban J connectivity index is 1.49. The van der Waals surface area contributed by atoms with E-state index in [0.717, 1.165) is 31.1 Å². The maximum Gasteiger partial charge on any atom is 0.151 e. The zero-order valence-electron chi connectivity index (χ0n) is 13.7. The molecule has 0 saturated carbocycles. The van der Waals surface area contributed by atoms with Gasteiger partial charge < -0.3 is 10.2 Å². The molecular weight excluding hydrogens is 284 g/mol. The average Bonchev–Trinajstić information content (AvgIpc) is 2.61. The summed E-state index contributed by atoms with van der Waals surface area (Å²) >= 11 is 0. The highest BCUT2D eigenvalue weighted by atomic mass is 15.3. The van der Waals surface area contributed by atoms with Gasteiger partial charge in [0, 0.05) is 25.7 Å². The molecule has 1 saturated heterocycles. The Morgan fingerprint density at radius 3 is 2.83 bits per heavy atom. The molecule has 1 unspecified atom stereocenters. The van der Waals surface area contributed by atoms with Crippen molar-refractivity contribution in [1.29, 1.82) is 0 Å². The molecule has 0 amide bonds. The molecule has 0 bridgehead atoms. The average molecular weight is 308 g/mol. The van der Waals surface area contributed by atoms with E-state index in [2.05, 4.69) is 62.9 Å². The molecule has 4 heteroatoms. The van der Waals surface area contributed by atoms with Gasteiger partial charge in [-0.15, -0.1) is 5.10 Å². The molecule has 1 aliphatic heterocycles. The van der Waals surface area contributed by atoms with E-state index in [-0.39, 0.29) is 0 Å². The third-order valence-corrected chi connectivity index (χ3v) is 4.16. The SMILES string of the molecule is Cc1ccc(N2CCCC(NCC=Cc3ccccc3)C2)nn1. The standard InChI is InChI=1S/C19H24N4/c1-16-11-12-19(22-21-16)23-14-6-10-18(15-23)20-13-5-9-17-7-3-2-4-8-17/h2-5,7-9,11-12,18,20H,6,10,13-15H2,1H3. The second-order valence-corrected chi connectivity index (χ2v) is 6.04. The molecule has 1 N–H and O–H groups in total. The first-order valence-electron chi connectivity index (χ1n) is 8.31. The number of anilines is 1. The van der Waals surface area contributed by atoms with Gasteiger partial charge in [0.25, 0.3) is 0 Å². The first kappa shape index (κ1) is 15.7. The Labute approximate surface area is 138 Å². The van der Waals surface area contributed by atoms with Crippen molar-refractivity contribution in [2.24, 2.45) is 0 Å². The van der Waals surface area contributed by atoms with E-state index in [1.807, 2.05) is 19.1 Å². The smallest absolute Gasteiger partial charge is 0.151 e. The lowest BCUT2D eigenvalue weighted by atomic mass is 10.1. The van der Waals surface area contributed by atoms with Gasteiger partial charge in [-0.05, 0) is 37.5 Å². The molecule has 1 aromatic carbocycles. The number of benzene rings is 1. The minimum absolute atomic E-state index is 0.507. The molecule has 23 heavy (non-hydrogen) atoms. The predicted octanol–water partition coefficient (Wildman–Crippen LogP) is 3.06. The lowest BCUT2D eigenvalue weighted by Gasteiger charge is -2.33. The van der Waals surface area contributed by atoms with Gasteiger partial charge in [-0.2, -0.15) is 5.10 Å². The lowest BCUT2D eigenvalue weighted by molar-refractivity contribution is 0.435. The minimum atomic E-state index is 0.507. The van der Waals surface area contributed by atoms with E-state index in [9.17, 15) is 0 Å². The Hall–Kier alpha value is -2.20. The van der Waals surface area contributed by atoms with E-state index in [4.69, 9.17) is 0 Å². The van der Waals surface area contributed by atoms with Gasteiger partial charge in [-0.3, -0.25) is 0 Å². The van der Waals surface area contributed by atoms with Crippen molar-refractivity contribution in [3.63, 3.8) is 0 Å². The molecule has 1 aliphatic rings. The predicted molar refractivity (Wildman–Crippen MR) is 95.5 cm³/mol. The Morgan fingerprint density at radius 2 is 2.04 bits per heavy atom. The van der Waals surface area contributed by atoms with Gasteiger partial charge in [0.15, 0.2) is 5.82 Å². The van der Waals surface area contributed by atoms with Gasteiger partial charge >= 0.3 is 0 Å². The highest BCUT2D eigenvalue weighted by molar-refractivity contribution is 5.48. The summed E-state index contributed by atoms with van der Waals surface area (Å²) in [4.78, 5) is 2.33. The summed E-state index contributed by atoms with van der Waals surface area (Å²) in [5.41, 5.74) is 2.21. The van der Waals surface area contributed by atoms with Crippen LogP contribution in [0.5, 0.6) is 0 Å². The van der Waals surface area contributed by atoms with E-state index in [1.54, 1.807) is 0 Å². The first-order valence-corrected chi connectivity index (χ1v) is 8.31. The van der Waals surface area contributed by atoms with Crippen molar-refractivity contribution < 1.29 is 0 Å². The number of nitrogens with one attached hydrogen (secondary N) is 1. The fraction of sp³-hybridized carbons (Fsp3) is 0.368. The molecule has 1 atom stereocenters. The van der Waals surface area contributed by atoms with Crippen molar-refractivity contribution in [1.82, 2.24) is 15.5 Å². The number of hydrogen-bond donors (Lipinski definition) is 1. The second-order valence-electron chi connectivity index (χ2n) is 6.04. The van der Waals surface area contributed by atoms with Crippen LogP contribution in [0.15, 0.2) is 48.5 Å². The van der Waals surface area contributed by atoms with Gasteiger partial charge in [0.2, 0.25) is 0 Å². The molecule has 2 heterocycles. The van der Waals surface area contributed by atoms with Gasteiger partial charge in [-0.25, -0.2) is 0 Å². The number of piperidine rings is 1. The van der Waals surface area contributed by atoms with Crippen LogP contribution in [0, 0.1) is 6.92 Å². The molecule has 4 nitrogen and oxygen atoms in total. The monoisotopic (exact) mass is 308 g/mol. The van der Waals surface area contributed by atoms with E-state index < -0.39 is 0 Å². The number of hydrogen-bond acceptors (Lipinski definition) is 4. The minimum Gasteiger partial charge on any atom is -0.354 e. The van der Waals surface area contributed by atoms with Crippen LogP contribution in [0.25, 0.3) is 6.08 Å². The lowest BCUT2D eigenvalue weighted by Crippen LogP contribution is -2.46. The molecule has 0 spiro atoms. The van der Waals surface area contributed by atoms with Crippen LogP contribution in [-0.2, 0) is 0 Å². The molecule has 0 radical (unpaired) electrons. The summed E-state index contributed by atoms with van der Waals surface area (Å²) in [6.07, 6.45) is 6.77. The summed E-state index contributed by atoms with van der Waals surface area (Å²) in [6.45, 7) is 4.93. The molecule has 120 valence electrons. The summed E-state index contributed by atoms with van der Waals surface area (Å²) in [7, 11) is 0. The van der Waals surface area contributed by atoms with Gasteiger partial charge in [0.1, 0.15) is 0 Å². The highest BCUT2D eigenvalue weighted by Gasteiger charge is 2.20. The van der Waals surface area contributed by atoms with Gasteiger partial charge in [0.05, 0.1) is 5.69 Å². The maximum absolute atomic E-state index is 4.31. The van der Waals surface area contributed by atoms with Crippen LogP contribution in [-0.4, -0.2) is 35.9 Å². The third-order valence-electron chi connectivity index (χ3n) is 4.16. The number of aromatic nitrogens is 2. The summed E-state index contributed by atoms with van der Waals surface area (Å²) in [6, 6.07) is 15.0. The van der Waals surface area contributed by atoms with Crippen LogP contribution in [0.4, 0.5) is 5.82 Å². The largest absolute Gasteiger partial charge is 0.354 e. The van der Waals surface area contributed by atoms with E-state index >= 15 is 0 Å². The molecular formula is C19H24N4. The van der Waals surface area contributed by atoms with Crippen molar-refractivity contribution in [3.8, 4) is 0 Å². The summed E-state index contributed by atoms with van der Waals surface area (Å²) in [5.74, 6) is 0.988. The molecule has 0 aliphatic carbocycles. The normalized spacial score (nSPS) is 18.5. The van der Waals surface area contributed by atoms with Crippen LogP contribution in [0.1, 0.15) is 24.1 Å². The van der Waals surface area contributed by atoms with Crippen LogP contribution < -0.4 is 10.2 Å². The fourth-order valence-corrected chi connectivity index (χ4v) is 2.91. The topological polar surface area (TPSA) is 41.0 Å². The molecule has 2 aromatic rings. The molecule has 1 fully saturated rings. The van der Waals surface area contributed by atoms with Gasteiger partial charge in [-0.1, -0.05) is 42.5 Å². The van der Waals surface area contributed by atoms with Crippen molar-refractivity contribution in [2.75, 3.05) is 24.5 Å². The highest BCUT2D eigenvalue weighted by Crippen LogP contribution is 2.17. The van der Waals surface area contributed by atoms with E-state index in [1.165, 1.54) is 18.4 Å². The molecule has 1 aromatic heterocycles. The molecule has 3 rings (SSSR count). The number of nitrogens with zero attached hydrogens (tertiary/aromatic N) is 3. The quantitative estimate of drug-likeness (QED) is 0.922. The zero-order chi connectivity index (χ0) is 15.9. The maximum atomic E-state index is 4.31. The second kappa shape index (κ2) is 7.88. The van der Waals surface area contributed by atoms with E-state index in [0.29, 0.717) is 6.04 Å². The fourth-order valence-electron chi connectivity index (χ4n) is 2.91.